The number of carbonyl (C=O) groups is 11. The van der Waals surface area contributed by atoms with E-state index >= 15 is 0 Å². The number of nitrogens with zero attached hydrogens (tertiary/aromatic N) is 2. The van der Waals surface area contributed by atoms with Crippen LogP contribution in [0, 0.1) is 5.92 Å². The normalized spacial score (nSPS) is 22.7. The number of carbonyl (C=O) groups excluding carboxylic acids is 10. The zero-order valence-corrected chi connectivity index (χ0v) is 52.6. The van der Waals surface area contributed by atoms with Crippen LogP contribution in [0.4, 0.5) is 0 Å². The molecule has 494 valence electrons. The molecule has 2 aliphatic heterocycles. The number of aliphatic carboxylic acids is 1. The van der Waals surface area contributed by atoms with Crippen molar-refractivity contribution in [3.63, 3.8) is 0 Å². The predicted octanol–water partition coefficient (Wildman–Crippen LogP) is -4.53. The van der Waals surface area contributed by atoms with E-state index in [1.54, 1.807) is 21.0 Å². The molecule has 30 nitrogen and oxygen atoms in total. The van der Waals surface area contributed by atoms with Gasteiger partial charge in [-0.15, -0.1) is 0 Å². The summed E-state index contributed by atoms with van der Waals surface area (Å²) in [5.41, 5.74) is 0.792. The number of phenolic OH excluding ortho intramolecular Hbond substituents is 2. The third-order valence-corrected chi connectivity index (χ3v) is 16.7. The van der Waals surface area contributed by atoms with Gasteiger partial charge >= 0.3 is 5.97 Å². The number of carboxylic acid groups (broad SMARTS) is 1. The highest BCUT2D eigenvalue weighted by Crippen LogP contribution is 2.25. The molecule has 0 aromatic heterocycles. The first-order valence-electron chi connectivity index (χ1n) is 29.3. The Kier molecular flexibility index (Phi) is 31.9. The Morgan fingerprint density at radius 2 is 1.26 bits per heavy atom. The minimum absolute atomic E-state index is 0.0372. The topological polar surface area (TPSA) is 440 Å². The molecule has 10 atom stereocenters. The maximum absolute atomic E-state index is 14.5. The molecule has 32 heteroatoms. The number of likely N-dealkylation sites (N-methyl/N-ethyl adjacent to an activating group) is 2. The second kappa shape index (κ2) is 38.3. The van der Waals surface area contributed by atoms with Crippen LogP contribution in [-0.2, 0) is 65.6 Å². The van der Waals surface area contributed by atoms with Crippen molar-refractivity contribution >= 4 is 86.6 Å². The lowest BCUT2D eigenvalue weighted by Crippen LogP contribution is -2.61. The third-order valence-electron chi connectivity index (χ3n) is 14.2. The van der Waals surface area contributed by atoms with Crippen molar-refractivity contribution in [2.24, 2.45) is 5.92 Å². The number of aliphatic hydroxyl groups excluding tert-OH is 2. The van der Waals surface area contributed by atoms with Crippen LogP contribution in [0.3, 0.4) is 0 Å². The number of rotatable bonds is 25. The molecule has 2 fully saturated rings. The molecule has 89 heavy (non-hydrogen) atoms. The lowest BCUT2D eigenvalue weighted by molar-refractivity contribution is -0.143. The van der Waals surface area contributed by atoms with Gasteiger partial charge in [-0.05, 0) is 88.5 Å². The van der Waals surface area contributed by atoms with Crippen LogP contribution < -0.4 is 63.8 Å². The monoisotopic (exact) mass is 1290 g/mol. The molecule has 2 heterocycles. The molecule has 2 aromatic rings. The van der Waals surface area contributed by atoms with Gasteiger partial charge in [-0.3, -0.25) is 63.0 Å². The number of hydrogen-bond donors (Lipinski definition) is 17. The van der Waals surface area contributed by atoms with Gasteiger partial charge in [0.15, 0.2) is 0 Å². The lowest BCUT2D eigenvalue weighted by Gasteiger charge is -2.31. The molecule has 17 N–H and O–H groups in total. The molecule has 0 bridgehead atoms. The van der Waals surface area contributed by atoms with Crippen molar-refractivity contribution in [3.8, 4) is 11.5 Å². The van der Waals surface area contributed by atoms with E-state index in [0.29, 0.717) is 43.7 Å². The van der Waals surface area contributed by atoms with Crippen LogP contribution >= 0.6 is 21.6 Å². The lowest BCUT2D eigenvalue weighted by atomic mass is 10.0. The van der Waals surface area contributed by atoms with Gasteiger partial charge in [-0.2, -0.15) is 0 Å². The highest BCUT2D eigenvalue weighted by atomic mass is 33.1. The van der Waals surface area contributed by atoms with Gasteiger partial charge in [0.2, 0.25) is 59.1 Å². The molecule has 0 spiro atoms. The van der Waals surface area contributed by atoms with Gasteiger partial charge in [0.25, 0.3) is 0 Å². The van der Waals surface area contributed by atoms with E-state index in [4.69, 9.17) is 0 Å². The molecule has 4 rings (SSSR count). The first-order valence-corrected chi connectivity index (χ1v) is 31.8. The van der Waals surface area contributed by atoms with Crippen LogP contribution in [0.15, 0.2) is 48.5 Å². The quantitative estimate of drug-likeness (QED) is 0.0416. The largest absolute Gasteiger partial charge is 0.508 e. The first kappa shape index (κ1) is 74.1. The number of aliphatic hydroxyl groups is 2. The van der Waals surface area contributed by atoms with E-state index in [9.17, 15) is 78.3 Å². The van der Waals surface area contributed by atoms with Gasteiger partial charge in [-0.25, -0.2) is 0 Å². The van der Waals surface area contributed by atoms with E-state index < -0.39 is 152 Å². The zero-order chi connectivity index (χ0) is 65.7. The average molecular weight is 1290 g/mol. The molecule has 0 radical (unpaired) electrons. The smallest absolute Gasteiger partial charge is 0.305 e. The molecule has 0 aliphatic carbocycles. The molecule has 2 saturated heterocycles. The number of phenols is 2. The zero-order valence-electron chi connectivity index (χ0n) is 50.9. The van der Waals surface area contributed by atoms with Gasteiger partial charge in [0.1, 0.15) is 54.0 Å². The Labute approximate surface area is 524 Å². The highest BCUT2D eigenvalue weighted by molar-refractivity contribution is 8.76. The standard InChI is InChI=1S/C57H88N14O16S2/c1-32(2)22-42(64-46(76)27-60-45(75)26-61-48(78)29-70(20-17-58-5)21-18-59-6)57(87)71-19-7-8-44(71)55(85)68-43-31-89-88-30-33(3)63-56(86)50(34(4)72)69-47(77)28-62-51(81)39(23-35-9-13-37(73)14-10-35)65-52(82)40(24-36-11-15-38(74)16-12-36)66-53(83)41(25-49(79)80)67-54(43)84/h9-16,32-34,39-44,50,56,58-59,63,72-74,86H,7-8,17-31H2,1-6H3,(H,60,75)(H,61,78)(H,62,81)(H,64,76)(H,65,82)(H,66,83)(H,67,84)(H,68,85)(H,69,77)(H,79,80)/t33-,34?,39+,40+,41+,42+,43+,44?,50+,56+/m1/s1. The molecule has 10 amide bonds. The Balaban J connectivity index is 1.61. The predicted molar refractivity (Wildman–Crippen MR) is 330 cm³/mol. The minimum atomic E-state index is -1.91. The summed E-state index contributed by atoms with van der Waals surface area (Å²) in [6.45, 7) is 7.52. The molecule has 0 saturated carbocycles. The molecule has 2 unspecified atom stereocenters. The SMILES string of the molecule is CNCCN(CCNC)CC(=O)NCC(=O)NCC(=O)N[C@@H](CC(C)C)C(=O)N1CCCC1C(=O)N[C@H]1CSSC[C@@H](C)N[C@@H](O)[C@H](C(C)O)NC(=O)CNC(=O)[C@H](Cc2ccc(O)cc2)NC(=O)[C@H](Cc2ccc(O)cc2)NC(=O)[C@H](CC(=O)O)NC1=O. The summed E-state index contributed by atoms with van der Waals surface area (Å²) in [5.74, 6) is -10.2. The van der Waals surface area contributed by atoms with Crippen LogP contribution in [-0.4, -0.2) is 246 Å². The first-order chi connectivity index (χ1) is 42.3. The molecule has 2 aromatic carbocycles. The highest BCUT2D eigenvalue weighted by Gasteiger charge is 2.40. The van der Waals surface area contributed by atoms with E-state index in [2.05, 4.69) is 63.8 Å². The molecule has 2 aliphatic rings. The molecular formula is C57H88N14O16S2. The second-order valence-electron chi connectivity index (χ2n) is 22.2. The van der Waals surface area contributed by atoms with E-state index in [0.717, 1.165) is 21.6 Å². The number of likely N-dealkylation sites (tertiary alicyclic amines) is 1. The fourth-order valence-electron chi connectivity index (χ4n) is 9.44. The Bertz CT molecular complexity index is 2690. The maximum atomic E-state index is 14.5. The number of benzene rings is 2. The summed E-state index contributed by atoms with van der Waals surface area (Å²) < 4.78 is 0. The van der Waals surface area contributed by atoms with Crippen molar-refractivity contribution in [1.82, 2.24) is 73.6 Å². The number of hydrogen-bond acceptors (Lipinski definition) is 21. The maximum Gasteiger partial charge on any atom is 0.305 e. The summed E-state index contributed by atoms with van der Waals surface area (Å²) in [7, 11) is 5.80. The van der Waals surface area contributed by atoms with E-state index in [1.165, 1.54) is 60.4 Å². The second-order valence-corrected chi connectivity index (χ2v) is 24.7. The summed E-state index contributed by atoms with van der Waals surface area (Å²) in [4.78, 5) is 154. The van der Waals surface area contributed by atoms with Crippen molar-refractivity contribution in [3.05, 3.63) is 59.7 Å². The number of amides is 10. The third kappa shape index (κ3) is 26.7. The molecular weight excluding hydrogens is 1200 g/mol. The van der Waals surface area contributed by atoms with Crippen LogP contribution in [0.5, 0.6) is 11.5 Å². The number of aromatic hydroxyl groups is 2. The van der Waals surface area contributed by atoms with Crippen molar-refractivity contribution < 1.29 is 78.3 Å². The van der Waals surface area contributed by atoms with Gasteiger partial charge in [-0.1, -0.05) is 59.7 Å². The van der Waals surface area contributed by atoms with Gasteiger partial charge in [0.05, 0.1) is 44.7 Å². The van der Waals surface area contributed by atoms with Crippen molar-refractivity contribution in [2.75, 3.05) is 84.5 Å². The Morgan fingerprint density at radius 3 is 1.82 bits per heavy atom. The van der Waals surface area contributed by atoms with Crippen LogP contribution in [0.1, 0.15) is 64.5 Å². The number of carboxylic acids is 1. The van der Waals surface area contributed by atoms with Gasteiger partial charge in [0, 0.05) is 63.1 Å². The van der Waals surface area contributed by atoms with Crippen molar-refractivity contribution in [2.45, 2.75) is 127 Å². The summed E-state index contributed by atoms with van der Waals surface area (Å²) in [6, 6.07) is 0.292. The fraction of sp³-hybridized carbons (Fsp3) is 0.596. The summed E-state index contributed by atoms with van der Waals surface area (Å²) in [5, 5.41) is 83.6. The van der Waals surface area contributed by atoms with E-state index in [1.807, 2.05) is 18.7 Å². The average Bonchev–Trinajstić information content (AvgIpc) is 2.47. The summed E-state index contributed by atoms with van der Waals surface area (Å²) >= 11 is 0. The van der Waals surface area contributed by atoms with Crippen LogP contribution in [0.25, 0.3) is 0 Å². The van der Waals surface area contributed by atoms with Crippen LogP contribution in [0.2, 0.25) is 0 Å². The Morgan fingerprint density at radius 1 is 0.719 bits per heavy atom. The van der Waals surface area contributed by atoms with Crippen molar-refractivity contribution in [1.29, 1.82) is 0 Å². The summed E-state index contributed by atoms with van der Waals surface area (Å²) in [6.07, 6.45) is -3.93. The Hall–Kier alpha value is -7.33. The van der Waals surface area contributed by atoms with E-state index in [-0.39, 0.29) is 67.7 Å². The fourth-order valence-corrected chi connectivity index (χ4v) is 11.9. The number of nitrogens with one attached hydrogen (secondary N) is 12. The van der Waals surface area contributed by atoms with Gasteiger partial charge < -0.3 is 88.9 Å². The minimum Gasteiger partial charge on any atom is -0.508 e.